The number of amides is 1. The third-order valence-corrected chi connectivity index (χ3v) is 7.62. The van der Waals surface area contributed by atoms with E-state index in [9.17, 15) is 4.79 Å². The quantitative estimate of drug-likeness (QED) is 0.576. The summed E-state index contributed by atoms with van der Waals surface area (Å²) in [4.78, 5) is 22.5. The van der Waals surface area contributed by atoms with Gasteiger partial charge in [-0.05, 0) is 48.6 Å². The first-order chi connectivity index (χ1) is 15.6. The van der Waals surface area contributed by atoms with Crippen molar-refractivity contribution < 1.29 is 9.53 Å². The molecule has 1 saturated heterocycles. The van der Waals surface area contributed by atoms with Crippen molar-refractivity contribution in [2.45, 2.75) is 31.6 Å². The molecule has 2 aliphatic rings. The predicted molar refractivity (Wildman–Crippen MR) is 132 cm³/mol. The zero-order valence-corrected chi connectivity index (χ0v) is 19.6. The van der Waals surface area contributed by atoms with Crippen LogP contribution in [-0.2, 0) is 4.74 Å². The molecule has 0 radical (unpaired) electrons. The van der Waals surface area contributed by atoms with Gasteiger partial charge in [0, 0.05) is 50.1 Å². The monoisotopic (exact) mass is 450 g/mol. The van der Waals surface area contributed by atoms with Crippen LogP contribution in [0.3, 0.4) is 0 Å². The highest BCUT2D eigenvalue weighted by molar-refractivity contribution is 7.21. The van der Waals surface area contributed by atoms with Gasteiger partial charge < -0.3 is 19.9 Å². The van der Waals surface area contributed by atoms with Crippen molar-refractivity contribution in [2.75, 3.05) is 50.6 Å². The van der Waals surface area contributed by atoms with E-state index >= 15 is 0 Å². The Morgan fingerprint density at radius 2 is 1.97 bits per heavy atom. The van der Waals surface area contributed by atoms with Gasteiger partial charge in [-0.15, -0.1) is 11.3 Å². The lowest BCUT2D eigenvalue weighted by Gasteiger charge is -2.29. The summed E-state index contributed by atoms with van der Waals surface area (Å²) in [6, 6.07) is 10.6. The predicted octanol–water partition coefficient (Wildman–Crippen LogP) is 5.24. The summed E-state index contributed by atoms with van der Waals surface area (Å²) in [5.41, 5.74) is 3.44. The normalized spacial score (nSPS) is 17.1. The Morgan fingerprint density at radius 3 is 2.72 bits per heavy atom. The SMILES string of the molecule is CN(C)C(=O)c1sc2cnc(Nc3cccc(N4CCOCC4)c3)cc2c1C1CCCC1. The van der Waals surface area contributed by atoms with E-state index in [-0.39, 0.29) is 5.91 Å². The molecule has 2 fully saturated rings. The molecule has 1 aromatic carbocycles. The molecule has 0 unspecified atom stereocenters. The number of aromatic nitrogens is 1. The highest BCUT2D eigenvalue weighted by Crippen LogP contribution is 2.44. The number of thiophene rings is 1. The number of carbonyl (C=O) groups is 1. The van der Waals surface area contributed by atoms with Gasteiger partial charge in [-0.2, -0.15) is 0 Å². The molecule has 0 atom stereocenters. The summed E-state index contributed by atoms with van der Waals surface area (Å²) in [7, 11) is 3.66. The third-order valence-electron chi connectivity index (χ3n) is 6.47. The lowest BCUT2D eigenvalue weighted by Crippen LogP contribution is -2.36. The van der Waals surface area contributed by atoms with Crippen LogP contribution >= 0.6 is 11.3 Å². The van der Waals surface area contributed by atoms with E-state index < -0.39 is 0 Å². The molecule has 32 heavy (non-hydrogen) atoms. The topological polar surface area (TPSA) is 57.7 Å². The van der Waals surface area contributed by atoms with Crippen LogP contribution in [0, 0.1) is 0 Å². The number of pyridine rings is 1. The van der Waals surface area contributed by atoms with Crippen LogP contribution in [-0.4, -0.2) is 56.2 Å². The van der Waals surface area contributed by atoms with Crippen LogP contribution in [0.25, 0.3) is 10.1 Å². The number of benzene rings is 1. The number of carbonyl (C=O) groups excluding carboxylic acids is 1. The minimum Gasteiger partial charge on any atom is -0.378 e. The molecule has 1 saturated carbocycles. The molecule has 6 nitrogen and oxygen atoms in total. The van der Waals surface area contributed by atoms with Crippen LogP contribution in [0.2, 0.25) is 0 Å². The summed E-state index contributed by atoms with van der Waals surface area (Å²) in [5.74, 6) is 1.38. The van der Waals surface area contributed by atoms with Gasteiger partial charge in [-0.3, -0.25) is 4.79 Å². The van der Waals surface area contributed by atoms with Gasteiger partial charge in [0.05, 0.1) is 22.8 Å². The minimum atomic E-state index is 0.0980. The fourth-order valence-electron chi connectivity index (χ4n) is 4.82. The van der Waals surface area contributed by atoms with E-state index in [0.717, 1.165) is 60.2 Å². The summed E-state index contributed by atoms with van der Waals surface area (Å²) < 4.78 is 6.57. The van der Waals surface area contributed by atoms with Crippen LogP contribution in [0.5, 0.6) is 0 Å². The van der Waals surface area contributed by atoms with Gasteiger partial charge in [0.2, 0.25) is 0 Å². The maximum atomic E-state index is 12.9. The summed E-state index contributed by atoms with van der Waals surface area (Å²) in [5, 5.41) is 4.67. The number of hydrogen-bond donors (Lipinski definition) is 1. The Hall–Kier alpha value is -2.64. The molecule has 3 aromatic rings. The van der Waals surface area contributed by atoms with Crippen LogP contribution in [0.4, 0.5) is 17.2 Å². The van der Waals surface area contributed by atoms with Crippen molar-refractivity contribution in [3.63, 3.8) is 0 Å². The van der Waals surface area contributed by atoms with Gasteiger partial charge in [-0.25, -0.2) is 4.98 Å². The molecule has 0 spiro atoms. The van der Waals surface area contributed by atoms with E-state index in [0.29, 0.717) is 5.92 Å². The number of nitrogens with one attached hydrogen (secondary N) is 1. The second-order valence-corrected chi connectivity index (χ2v) is 9.92. The Balaban J connectivity index is 1.48. The maximum absolute atomic E-state index is 12.9. The lowest BCUT2D eigenvalue weighted by molar-refractivity contribution is 0.0831. The standard InChI is InChI=1S/C25H30N4O2S/c1-28(2)25(30)24-23(17-6-3-4-7-17)20-15-22(26-16-21(20)32-24)27-18-8-5-9-19(14-18)29-10-12-31-13-11-29/h5,8-9,14-17H,3-4,6-7,10-13H2,1-2H3,(H,26,27). The average Bonchev–Trinajstić information content (AvgIpc) is 3.46. The maximum Gasteiger partial charge on any atom is 0.263 e. The Labute approximate surface area is 193 Å². The van der Waals surface area contributed by atoms with Gasteiger partial charge in [-0.1, -0.05) is 18.9 Å². The summed E-state index contributed by atoms with van der Waals surface area (Å²) in [6.45, 7) is 3.37. The molecule has 1 N–H and O–H groups in total. The van der Waals surface area contributed by atoms with E-state index in [1.54, 1.807) is 16.2 Å². The number of morpholine rings is 1. The smallest absolute Gasteiger partial charge is 0.263 e. The second-order valence-electron chi connectivity index (χ2n) is 8.87. The lowest BCUT2D eigenvalue weighted by atomic mass is 9.94. The van der Waals surface area contributed by atoms with Crippen LogP contribution in [0.1, 0.15) is 46.8 Å². The van der Waals surface area contributed by atoms with Crippen molar-refractivity contribution in [3.05, 3.63) is 47.0 Å². The van der Waals surface area contributed by atoms with Crippen molar-refractivity contribution in [1.29, 1.82) is 0 Å². The van der Waals surface area contributed by atoms with Crippen LogP contribution in [0.15, 0.2) is 36.5 Å². The average molecular weight is 451 g/mol. The highest BCUT2D eigenvalue weighted by Gasteiger charge is 2.28. The number of fused-ring (bicyclic) bond motifs is 1. The first kappa shape index (κ1) is 21.2. The Kier molecular flexibility index (Phi) is 6.02. The minimum absolute atomic E-state index is 0.0980. The van der Waals surface area contributed by atoms with Gasteiger partial charge >= 0.3 is 0 Å². The van der Waals surface area contributed by atoms with Gasteiger partial charge in [0.25, 0.3) is 5.91 Å². The summed E-state index contributed by atoms with van der Waals surface area (Å²) in [6.07, 6.45) is 6.71. The van der Waals surface area contributed by atoms with Gasteiger partial charge in [0.1, 0.15) is 5.82 Å². The van der Waals surface area contributed by atoms with Crippen molar-refractivity contribution in [1.82, 2.24) is 9.88 Å². The number of nitrogens with zero attached hydrogens (tertiary/aromatic N) is 3. The van der Waals surface area contributed by atoms with Crippen molar-refractivity contribution in [2.24, 2.45) is 0 Å². The molecule has 1 aliphatic carbocycles. The zero-order valence-electron chi connectivity index (χ0n) is 18.8. The largest absolute Gasteiger partial charge is 0.378 e. The molecule has 7 heteroatoms. The summed E-state index contributed by atoms with van der Waals surface area (Å²) >= 11 is 1.58. The van der Waals surface area contributed by atoms with E-state index in [4.69, 9.17) is 4.74 Å². The van der Waals surface area contributed by atoms with Gasteiger partial charge in [0.15, 0.2) is 0 Å². The fraction of sp³-hybridized carbons (Fsp3) is 0.440. The molecule has 0 bridgehead atoms. The molecule has 3 heterocycles. The fourth-order valence-corrected chi connectivity index (χ4v) is 6.08. The first-order valence-electron chi connectivity index (χ1n) is 11.4. The molecular weight excluding hydrogens is 420 g/mol. The molecule has 1 amide bonds. The van der Waals surface area contributed by atoms with Crippen molar-refractivity contribution >= 4 is 44.5 Å². The second kappa shape index (κ2) is 9.08. The molecule has 2 aromatic heterocycles. The number of ether oxygens (including phenoxy) is 1. The number of hydrogen-bond acceptors (Lipinski definition) is 6. The number of rotatable bonds is 5. The highest BCUT2D eigenvalue weighted by atomic mass is 32.1. The third kappa shape index (κ3) is 4.19. The van der Waals surface area contributed by atoms with E-state index in [2.05, 4.69) is 45.5 Å². The Morgan fingerprint density at radius 1 is 1.19 bits per heavy atom. The van der Waals surface area contributed by atoms with Crippen molar-refractivity contribution in [3.8, 4) is 0 Å². The van der Waals surface area contributed by atoms with E-state index in [1.807, 2.05) is 20.3 Å². The molecular formula is C25H30N4O2S. The molecule has 5 rings (SSSR count). The zero-order chi connectivity index (χ0) is 22.1. The number of anilines is 3. The molecule has 1 aliphatic heterocycles. The Bertz CT molecular complexity index is 1110. The molecule has 168 valence electrons. The van der Waals surface area contributed by atoms with Crippen LogP contribution < -0.4 is 10.2 Å². The van der Waals surface area contributed by atoms with E-state index in [1.165, 1.54) is 29.5 Å². The first-order valence-corrected chi connectivity index (χ1v) is 12.3.